The molecular weight excluding hydrogens is 619 g/mol. The summed E-state index contributed by atoms with van der Waals surface area (Å²) in [7, 11) is 5.40. The van der Waals surface area contributed by atoms with Crippen LogP contribution in [-0.4, -0.2) is 78.9 Å². The van der Waals surface area contributed by atoms with Gasteiger partial charge in [0.25, 0.3) is 5.91 Å². The van der Waals surface area contributed by atoms with E-state index in [1.54, 1.807) is 51.0 Å². The summed E-state index contributed by atoms with van der Waals surface area (Å²) in [4.78, 5) is 61.5. The first-order valence-electron chi connectivity index (χ1n) is 15.4. The molecule has 2 heterocycles. The van der Waals surface area contributed by atoms with Crippen molar-refractivity contribution in [2.45, 2.75) is 39.5 Å². The molecule has 0 fully saturated rings. The van der Waals surface area contributed by atoms with Crippen molar-refractivity contribution >= 4 is 35.3 Å². The van der Waals surface area contributed by atoms with Crippen molar-refractivity contribution in [1.29, 1.82) is 0 Å². The molecule has 0 spiro atoms. The summed E-state index contributed by atoms with van der Waals surface area (Å²) >= 11 is 0. The molecule has 1 N–H and O–H groups in total. The van der Waals surface area contributed by atoms with E-state index in [1.807, 2.05) is 55.4 Å². The molecule has 12 nitrogen and oxygen atoms in total. The zero-order valence-corrected chi connectivity index (χ0v) is 28.0. The van der Waals surface area contributed by atoms with E-state index in [2.05, 4.69) is 10.3 Å². The number of benzene rings is 2. The van der Waals surface area contributed by atoms with Crippen LogP contribution in [0.1, 0.15) is 42.4 Å². The molecule has 4 aromatic rings. The maximum atomic E-state index is 14.1. The summed E-state index contributed by atoms with van der Waals surface area (Å²) in [5.41, 5.74) is 1.18. The number of aromatic nitrogens is 2. The summed E-state index contributed by atoms with van der Waals surface area (Å²) in [6.07, 6.45) is 1.60. The number of halogens is 1. The van der Waals surface area contributed by atoms with E-state index in [4.69, 9.17) is 9.47 Å². The second-order valence-corrected chi connectivity index (χ2v) is 12.4. The van der Waals surface area contributed by atoms with Crippen molar-refractivity contribution in [2.75, 3.05) is 50.6 Å². The first-order chi connectivity index (χ1) is 22.8. The van der Waals surface area contributed by atoms with Crippen LogP contribution in [0.2, 0.25) is 0 Å². The summed E-state index contributed by atoms with van der Waals surface area (Å²) in [5, 5.41) is 2.76. The first kappa shape index (κ1) is 35.4. The number of rotatable bonds is 13. The fourth-order valence-corrected chi connectivity index (χ4v) is 4.66. The number of fused-ring (bicyclic) bond motifs is 1. The Kier molecular flexibility index (Phi) is 11.4. The molecule has 0 unspecified atom stereocenters. The number of ether oxygens (including phenoxy) is 2. The first-order valence-corrected chi connectivity index (χ1v) is 15.4. The number of carbonyl (C=O) groups is 3. The Morgan fingerprint density at radius 1 is 1.00 bits per heavy atom. The number of pyridine rings is 1. The van der Waals surface area contributed by atoms with Crippen LogP contribution in [0.5, 0.6) is 5.75 Å². The highest BCUT2D eigenvalue weighted by atomic mass is 19.1. The van der Waals surface area contributed by atoms with E-state index in [1.165, 1.54) is 21.4 Å². The van der Waals surface area contributed by atoms with Gasteiger partial charge < -0.3 is 29.4 Å². The average molecular weight is 661 g/mol. The Bertz CT molecular complexity index is 1810. The summed E-state index contributed by atoms with van der Waals surface area (Å²) < 4.78 is 26.2. The number of anilines is 2. The molecule has 0 bridgehead atoms. The Balaban J connectivity index is 1.76. The van der Waals surface area contributed by atoms with Crippen molar-refractivity contribution in [3.05, 3.63) is 99.9 Å². The van der Waals surface area contributed by atoms with Gasteiger partial charge in [0.1, 0.15) is 24.3 Å². The van der Waals surface area contributed by atoms with Gasteiger partial charge in [-0.15, -0.1) is 0 Å². The molecule has 0 atom stereocenters. The number of carbonyl (C=O) groups excluding carboxylic acids is 3. The van der Waals surface area contributed by atoms with Crippen LogP contribution in [0.4, 0.5) is 20.6 Å². The minimum Gasteiger partial charge on any atom is -0.481 e. The van der Waals surface area contributed by atoms with E-state index in [-0.39, 0.29) is 49.9 Å². The van der Waals surface area contributed by atoms with Gasteiger partial charge in [0.2, 0.25) is 5.75 Å². The summed E-state index contributed by atoms with van der Waals surface area (Å²) in [6, 6.07) is 16.7. The van der Waals surface area contributed by atoms with Gasteiger partial charge in [-0.2, -0.15) is 0 Å². The van der Waals surface area contributed by atoms with Crippen LogP contribution < -0.4 is 25.4 Å². The predicted octanol–water partition coefficient (Wildman–Crippen LogP) is 4.28. The van der Waals surface area contributed by atoms with Crippen molar-refractivity contribution in [3.63, 3.8) is 0 Å². The number of hydrogen-bond donors (Lipinski definition) is 1. The lowest BCUT2D eigenvalue weighted by Crippen LogP contribution is -2.42. The second-order valence-electron chi connectivity index (χ2n) is 12.4. The van der Waals surface area contributed by atoms with Gasteiger partial charge in [-0.05, 0) is 50.1 Å². The van der Waals surface area contributed by atoms with Gasteiger partial charge in [0.05, 0.1) is 17.9 Å². The van der Waals surface area contributed by atoms with Gasteiger partial charge in [0.15, 0.2) is 11.3 Å². The number of likely N-dealkylation sites (N-methyl/N-ethyl adjacent to an activating group) is 1. The van der Waals surface area contributed by atoms with Crippen molar-refractivity contribution in [3.8, 4) is 5.75 Å². The van der Waals surface area contributed by atoms with Crippen LogP contribution in [-0.2, 0) is 22.7 Å². The van der Waals surface area contributed by atoms with Crippen LogP contribution in [0.15, 0.2) is 71.7 Å². The van der Waals surface area contributed by atoms with Gasteiger partial charge in [-0.25, -0.2) is 14.2 Å². The van der Waals surface area contributed by atoms with Crippen LogP contribution in [0, 0.1) is 5.82 Å². The standard InChI is InChI=1S/C35H41FN6O6/c1-35(2,3)48-34(46)41(18-19-43)17-16-40(6)28-20-27(39(4)5)22-42-31(28)38-29(32(44)37-21-24-12-14-26(36)15-13-24)30(33(42)45)47-23-25-10-8-7-9-11-25/h7-15,19-20,22H,16-18,21,23H2,1-6H3,(H,37,44). The topological polar surface area (TPSA) is 126 Å². The molecule has 48 heavy (non-hydrogen) atoms. The van der Waals surface area contributed by atoms with E-state index < -0.39 is 29.0 Å². The van der Waals surface area contributed by atoms with Gasteiger partial charge in [-0.1, -0.05) is 42.5 Å². The molecule has 13 heteroatoms. The lowest BCUT2D eigenvalue weighted by atomic mass is 10.2. The zero-order chi connectivity index (χ0) is 35.0. The third-order valence-electron chi connectivity index (χ3n) is 7.24. The highest BCUT2D eigenvalue weighted by Gasteiger charge is 2.26. The number of nitrogens with one attached hydrogen (secondary N) is 1. The number of nitrogens with zero attached hydrogens (tertiary/aromatic N) is 5. The van der Waals surface area contributed by atoms with Crippen LogP contribution in [0.25, 0.3) is 5.65 Å². The van der Waals surface area contributed by atoms with Crippen LogP contribution >= 0.6 is 0 Å². The summed E-state index contributed by atoms with van der Waals surface area (Å²) in [5.74, 6) is -1.30. The van der Waals surface area contributed by atoms with E-state index in [0.29, 0.717) is 23.2 Å². The fraction of sp³-hybridized carbons (Fsp3) is 0.343. The monoisotopic (exact) mass is 660 g/mol. The quantitative estimate of drug-likeness (QED) is 0.209. The molecule has 0 aliphatic heterocycles. The Morgan fingerprint density at radius 3 is 2.31 bits per heavy atom. The highest BCUT2D eigenvalue weighted by molar-refractivity contribution is 5.96. The van der Waals surface area contributed by atoms with E-state index >= 15 is 0 Å². The zero-order valence-electron chi connectivity index (χ0n) is 28.0. The molecular formula is C35H41FN6O6. The predicted molar refractivity (Wildman–Crippen MR) is 181 cm³/mol. The van der Waals surface area contributed by atoms with Crippen molar-refractivity contribution in [2.24, 2.45) is 0 Å². The second kappa shape index (κ2) is 15.4. The minimum atomic E-state index is -0.751. The molecule has 2 aromatic carbocycles. The Morgan fingerprint density at radius 2 is 1.69 bits per heavy atom. The molecule has 0 saturated carbocycles. The number of hydrogen-bond acceptors (Lipinski definition) is 9. The molecule has 2 aromatic heterocycles. The maximum absolute atomic E-state index is 14.1. The fourth-order valence-electron chi connectivity index (χ4n) is 4.66. The number of aldehydes is 1. The smallest absolute Gasteiger partial charge is 0.410 e. The van der Waals surface area contributed by atoms with Crippen molar-refractivity contribution < 1.29 is 28.2 Å². The minimum absolute atomic E-state index is 0.0133. The molecule has 4 rings (SSSR count). The molecule has 254 valence electrons. The molecule has 0 aliphatic carbocycles. The Labute approximate surface area is 278 Å². The van der Waals surface area contributed by atoms with Gasteiger partial charge >= 0.3 is 11.7 Å². The largest absolute Gasteiger partial charge is 0.481 e. The number of amides is 2. The normalized spacial score (nSPS) is 11.1. The molecule has 0 aliphatic rings. The molecule has 0 saturated heterocycles. The lowest BCUT2D eigenvalue weighted by molar-refractivity contribution is -0.109. The lowest BCUT2D eigenvalue weighted by Gasteiger charge is -2.29. The highest BCUT2D eigenvalue weighted by Crippen LogP contribution is 2.27. The van der Waals surface area contributed by atoms with Gasteiger partial charge in [-0.3, -0.25) is 18.9 Å². The molecule has 0 radical (unpaired) electrons. The van der Waals surface area contributed by atoms with Crippen LogP contribution in [0.3, 0.4) is 0 Å². The Hall–Kier alpha value is -5.46. The third kappa shape index (κ3) is 9.08. The third-order valence-corrected chi connectivity index (χ3v) is 7.24. The van der Waals surface area contributed by atoms with E-state index in [9.17, 15) is 23.6 Å². The summed E-state index contributed by atoms with van der Waals surface area (Å²) in [6.45, 7) is 5.47. The average Bonchev–Trinajstić information content (AvgIpc) is 3.04. The van der Waals surface area contributed by atoms with Gasteiger partial charge in [0, 0.05) is 47.0 Å². The van der Waals surface area contributed by atoms with Crippen molar-refractivity contribution in [1.82, 2.24) is 19.6 Å². The van der Waals surface area contributed by atoms with E-state index in [0.717, 1.165) is 5.56 Å². The maximum Gasteiger partial charge on any atom is 0.410 e. The molecule has 2 amide bonds. The SMILES string of the molecule is CN(C)c1cc(N(C)CCN(CC=O)C(=O)OC(C)(C)C)c2nc(C(=O)NCc3ccc(F)cc3)c(OCc3ccccc3)c(=O)n2c1.